The molecule has 0 aliphatic heterocycles. The molecule has 0 saturated carbocycles. The first-order chi connectivity index (χ1) is 8.72. The maximum Gasteiger partial charge on any atom is 0.123 e. The van der Waals surface area contributed by atoms with Gasteiger partial charge in [0.1, 0.15) is 16.5 Å². The predicted octanol–water partition coefficient (Wildman–Crippen LogP) is 1.91. The zero-order chi connectivity index (χ0) is 13.0. The van der Waals surface area contributed by atoms with E-state index in [1.54, 1.807) is 6.20 Å². The summed E-state index contributed by atoms with van der Waals surface area (Å²) in [7, 11) is 0. The Morgan fingerprint density at radius 1 is 1.39 bits per heavy atom. The quantitative estimate of drug-likeness (QED) is 0.834. The van der Waals surface area contributed by atoms with Gasteiger partial charge < -0.3 is 10.3 Å². The van der Waals surface area contributed by atoms with Crippen LogP contribution in [0.15, 0.2) is 30.7 Å². The number of hydrogen-bond donors (Lipinski definition) is 1. The van der Waals surface area contributed by atoms with E-state index in [0.717, 1.165) is 24.2 Å². The van der Waals surface area contributed by atoms with Gasteiger partial charge in [0.05, 0.1) is 6.54 Å². The molecule has 2 aromatic rings. The molecule has 0 aliphatic carbocycles. The van der Waals surface area contributed by atoms with E-state index in [-0.39, 0.29) is 0 Å². The average Bonchev–Trinajstić information content (AvgIpc) is 2.78. The molecule has 0 radical (unpaired) electrons. The maximum absolute atomic E-state index is 5.68. The number of rotatable bonds is 5. The van der Waals surface area contributed by atoms with Crippen molar-refractivity contribution in [2.75, 3.05) is 0 Å². The Morgan fingerprint density at radius 3 is 2.94 bits per heavy atom. The first kappa shape index (κ1) is 12.7. The molecule has 0 saturated heterocycles. The highest BCUT2D eigenvalue weighted by molar-refractivity contribution is 7.80. The van der Waals surface area contributed by atoms with Crippen molar-refractivity contribution in [1.29, 1.82) is 0 Å². The van der Waals surface area contributed by atoms with Crippen LogP contribution >= 0.6 is 12.2 Å². The predicted molar refractivity (Wildman–Crippen MR) is 75.4 cm³/mol. The van der Waals surface area contributed by atoms with Crippen LogP contribution in [0.25, 0.3) is 0 Å². The van der Waals surface area contributed by atoms with Gasteiger partial charge in [-0.1, -0.05) is 25.2 Å². The van der Waals surface area contributed by atoms with Gasteiger partial charge in [0.15, 0.2) is 0 Å². The molecule has 0 atom stereocenters. The molecule has 0 spiro atoms. The van der Waals surface area contributed by atoms with Crippen molar-refractivity contribution < 1.29 is 0 Å². The minimum absolute atomic E-state index is 0.336. The Bertz CT molecular complexity index is 547. The van der Waals surface area contributed by atoms with Crippen LogP contribution in [0.5, 0.6) is 0 Å². The summed E-state index contributed by atoms with van der Waals surface area (Å²) in [6.45, 7) is 2.85. The molecule has 0 unspecified atom stereocenters. The van der Waals surface area contributed by atoms with E-state index in [1.165, 1.54) is 0 Å². The van der Waals surface area contributed by atoms with Crippen molar-refractivity contribution in [1.82, 2.24) is 14.5 Å². The van der Waals surface area contributed by atoms with Gasteiger partial charge in [-0.2, -0.15) is 0 Å². The van der Waals surface area contributed by atoms with Crippen molar-refractivity contribution >= 4 is 17.2 Å². The number of thiocarbonyl (C=S) groups is 1. The average molecular weight is 260 g/mol. The SMILES string of the molecule is CCCc1nccn1Cc1cccnc1C(N)=S. The maximum atomic E-state index is 5.68. The lowest BCUT2D eigenvalue weighted by atomic mass is 10.2. The van der Waals surface area contributed by atoms with Gasteiger partial charge >= 0.3 is 0 Å². The van der Waals surface area contributed by atoms with Crippen LogP contribution in [-0.4, -0.2) is 19.5 Å². The second-order valence-corrected chi connectivity index (χ2v) is 4.54. The topological polar surface area (TPSA) is 56.7 Å². The van der Waals surface area contributed by atoms with Gasteiger partial charge in [0.2, 0.25) is 0 Å². The molecule has 0 aromatic carbocycles. The molecule has 2 aromatic heterocycles. The summed E-state index contributed by atoms with van der Waals surface area (Å²) in [4.78, 5) is 8.93. The second-order valence-electron chi connectivity index (χ2n) is 4.10. The number of pyridine rings is 1. The molecule has 5 heteroatoms. The standard InChI is InChI=1S/C13H16N4S/c1-2-4-11-15-7-8-17(11)9-10-5-3-6-16-12(10)13(14)18/h3,5-8H,2,4,9H2,1H3,(H2,14,18). The molecule has 2 rings (SSSR count). The van der Waals surface area contributed by atoms with E-state index in [9.17, 15) is 0 Å². The third-order valence-electron chi connectivity index (χ3n) is 2.74. The molecule has 0 bridgehead atoms. The lowest BCUT2D eigenvalue weighted by molar-refractivity contribution is 0.702. The monoisotopic (exact) mass is 260 g/mol. The van der Waals surface area contributed by atoms with Gasteiger partial charge in [-0.25, -0.2) is 4.98 Å². The summed E-state index contributed by atoms with van der Waals surface area (Å²) < 4.78 is 2.11. The van der Waals surface area contributed by atoms with Crippen molar-refractivity contribution in [3.05, 3.63) is 47.8 Å². The third kappa shape index (κ3) is 2.73. The van der Waals surface area contributed by atoms with Crippen LogP contribution in [0.1, 0.15) is 30.4 Å². The molecular formula is C13H16N4S. The Balaban J connectivity index is 2.28. The number of hydrogen-bond acceptors (Lipinski definition) is 3. The zero-order valence-electron chi connectivity index (χ0n) is 10.3. The number of nitrogens with two attached hydrogens (primary N) is 1. The minimum atomic E-state index is 0.336. The van der Waals surface area contributed by atoms with Crippen LogP contribution in [0.3, 0.4) is 0 Å². The van der Waals surface area contributed by atoms with Crippen molar-refractivity contribution in [3.63, 3.8) is 0 Å². The fourth-order valence-corrected chi connectivity index (χ4v) is 2.09. The van der Waals surface area contributed by atoms with E-state index in [2.05, 4.69) is 21.5 Å². The van der Waals surface area contributed by atoms with Crippen LogP contribution in [0.4, 0.5) is 0 Å². The highest BCUT2D eigenvalue weighted by Crippen LogP contribution is 2.10. The Morgan fingerprint density at radius 2 is 2.22 bits per heavy atom. The highest BCUT2D eigenvalue weighted by atomic mass is 32.1. The first-order valence-electron chi connectivity index (χ1n) is 5.96. The van der Waals surface area contributed by atoms with E-state index < -0.39 is 0 Å². The van der Waals surface area contributed by atoms with Gasteiger partial charge in [0.25, 0.3) is 0 Å². The number of nitrogens with zero attached hydrogens (tertiary/aromatic N) is 3. The number of imidazole rings is 1. The normalized spacial score (nSPS) is 10.5. The van der Waals surface area contributed by atoms with Crippen LogP contribution in [-0.2, 0) is 13.0 Å². The third-order valence-corrected chi connectivity index (χ3v) is 2.93. The molecular weight excluding hydrogens is 244 g/mol. The molecule has 2 heterocycles. The Kier molecular flexibility index (Phi) is 4.04. The molecule has 2 N–H and O–H groups in total. The lowest BCUT2D eigenvalue weighted by Gasteiger charge is -2.10. The fourth-order valence-electron chi connectivity index (χ4n) is 1.91. The summed E-state index contributed by atoms with van der Waals surface area (Å²) in [6, 6.07) is 3.89. The van der Waals surface area contributed by atoms with Crippen molar-refractivity contribution in [2.45, 2.75) is 26.3 Å². The summed E-state index contributed by atoms with van der Waals surface area (Å²) in [5.41, 5.74) is 7.41. The summed E-state index contributed by atoms with van der Waals surface area (Å²) >= 11 is 5.02. The lowest BCUT2D eigenvalue weighted by Crippen LogP contribution is -2.16. The van der Waals surface area contributed by atoms with E-state index in [0.29, 0.717) is 17.2 Å². The van der Waals surface area contributed by atoms with Gasteiger partial charge in [-0.3, -0.25) is 4.98 Å². The van der Waals surface area contributed by atoms with Gasteiger partial charge in [-0.15, -0.1) is 0 Å². The molecule has 0 amide bonds. The smallest absolute Gasteiger partial charge is 0.123 e. The number of aryl methyl sites for hydroxylation is 1. The van der Waals surface area contributed by atoms with Crippen LogP contribution in [0.2, 0.25) is 0 Å². The Labute approximate surface area is 112 Å². The van der Waals surface area contributed by atoms with Gasteiger partial charge in [-0.05, 0) is 12.5 Å². The second kappa shape index (κ2) is 5.73. The van der Waals surface area contributed by atoms with Gasteiger partial charge in [0, 0.05) is 30.6 Å². The Hall–Kier alpha value is -1.75. The van der Waals surface area contributed by atoms with Crippen LogP contribution < -0.4 is 5.73 Å². The summed E-state index contributed by atoms with van der Waals surface area (Å²) in [5.74, 6) is 1.08. The minimum Gasteiger partial charge on any atom is -0.388 e. The first-order valence-corrected chi connectivity index (χ1v) is 6.37. The molecule has 4 nitrogen and oxygen atoms in total. The van der Waals surface area contributed by atoms with Crippen molar-refractivity contribution in [3.8, 4) is 0 Å². The highest BCUT2D eigenvalue weighted by Gasteiger charge is 2.08. The van der Waals surface area contributed by atoms with E-state index >= 15 is 0 Å². The summed E-state index contributed by atoms with van der Waals surface area (Å²) in [6.07, 6.45) is 7.55. The fraction of sp³-hybridized carbons (Fsp3) is 0.308. The molecule has 18 heavy (non-hydrogen) atoms. The molecule has 0 fully saturated rings. The zero-order valence-corrected chi connectivity index (χ0v) is 11.2. The van der Waals surface area contributed by atoms with E-state index in [1.807, 2.05) is 24.5 Å². The van der Waals surface area contributed by atoms with E-state index in [4.69, 9.17) is 18.0 Å². The largest absolute Gasteiger partial charge is 0.388 e. The van der Waals surface area contributed by atoms with Crippen LogP contribution in [0, 0.1) is 0 Å². The molecule has 0 aliphatic rings. The van der Waals surface area contributed by atoms with Crippen molar-refractivity contribution in [2.24, 2.45) is 5.73 Å². The summed E-state index contributed by atoms with van der Waals surface area (Å²) in [5, 5.41) is 0. The molecule has 94 valence electrons. The number of aromatic nitrogens is 3.